The average Bonchev–Trinajstić information content (AvgIpc) is 2.76. The Labute approximate surface area is 176 Å². The maximum atomic E-state index is 12.4. The largest absolute Gasteiger partial charge is 0.485 e. The molecule has 0 saturated heterocycles. The van der Waals surface area contributed by atoms with Gasteiger partial charge in [-0.05, 0) is 31.2 Å². The molecule has 0 spiro atoms. The molecular formula is C22H19NO8. The number of hydrogen-bond acceptors (Lipinski definition) is 8. The van der Waals surface area contributed by atoms with Gasteiger partial charge < -0.3 is 23.4 Å². The molecule has 1 atom stereocenters. The molecule has 0 aliphatic carbocycles. The molecule has 3 aromatic rings. The van der Waals surface area contributed by atoms with Gasteiger partial charge in [0.15, 0.2) is 11.5 Å². The van der Waals surface area contributed by atoms with Crippen LogP contribution in [0.2, 0.25) is 0 Å². The highest BCUT2D eigenvalue weighted by molar-refractivity contribution is 5.90. The van der Waals surface area contributed by atoms with Crippen LogP contribution in [0.15, 0.2) is 57.7 Å². The van der Waals surface area contributed by atoms with Crippen LogP contribution in [0.3, 0.4) is 0 Å². The molecule has 0 fully saturated rings. The van der Waals surface area contributed by atoms with Crippen molar-refractivity contribution in [2.45, 2.75) is 19.6 Å². The molecule has 9 nitrogen and oxygen atoms in total. The molecule has 1 amide bonds. The molecule has 2 aromatic carbocycles. The molecule has 0 saturated carbocycles. The SMILES string of the molecule is CCOC(=O)Nc1ccc2c(COC(=O)C3COc4ccccc4O3)cc(=O)oc2c1. The fourth-order valence-electron chi connectivity index (χ4n) is 3.09. The van der Waals surface area contributed by atoms with E-state index in [1.807, 2.05) is 0 Å². The fraction of sp³-hybridized carbons (Fsp3) is 0.227. The number of para-hydroxylation sites is 2. The molecule has 0 radical (unpaired) electrons. The van der Waals surface area contributed by atoms with Crippen LogP contribution in [0.4, 0.5) is 10.5 Å². The highest BCUT2D eigenvalue weighted by Crippen LogP contribution is 2.31. The first-order valence-electron chi connectivity index (χ1n) is 9.59. The summed E-state index contributed by atoms with van der Waals surface area (Å²) in [5.74, 6) is 0.407. The minimum absolute atomic E-state index is 0.0242. The van der Waals surface area contributed by atoms with Crippen molar-refractivity contribution >= 4 is 28.7 Å². The van der Waals surface area contributed by atoms with Gasteiger partial charge in [0, 0.05) is 28.8 Å². The molecule has 9 heteroatoms. The lowest BCUT2D eigenvalue weighted by Gasteiger charge is -2.24. The third-order valence-corrected chi connectivity index (χ3v) is 4.49. The van der Waals surface area contributed by atoms with Crippen molar-refractivity contribution < 1.29 is 33.0 Å². The number of carbonyl (C=O) groups excluding carboxylic acids is 2. The van der Waals surface area contributed by atoms with Gasteiger partial charge in [0.1, 0.15) is 18.8 Å². The summed E-state index contributed by atoms with van der Waals surface area (Å²) in [6.07, 6.45) is -1.53. The second-order valence-corrected chi connectivity index (χ2v) is 6.62. The van der Waals surface area contributed by atoms with Crippen LogP contribution < -0.4 is 20.4 Å². The monoisotopic (exact) mass is 425 g/mol. The van der Waals surface area contributed by atoms with Gasteiger partial charge in [-0.15, -0.1) is 0 Å². The lowest BCUT2D eigenvalue weighted by Crippen LogP contribution is -2.37. The van der Waals surface area contributed by atoms with E-state index in [1.54, 1.807) is 43.3 Å². The number of ether oxygens (including phenoxy) is 4. The third-order valence-electron chi connectivity index (χ3n) is 4.49. The predicted molar refractivity (Wildman–Crippen MR) is 109 cm³/mol. The van der Waals surface area contributed by atoms with Crippen molar-refractivity contribution in [3.05, 3.63) is 64.5 Å². The lowest BCUT2D eigenvalue weighted by molar-refractivity contribution is -0.155. The summed E-state index contributed by atoms with van der Waals surface area (Å²) in [6.45, 7) is 1.78. The fourth-order valence-corrected chi connectivity index (χ4v) is 3.09. The van der Waals surface area contributed by atoms with E-state index in [4.69, 9.17) is 23.4 Å². The molecule has 4 rings (SSSR count). The Bertz CT molecular complexity index is 1190. The van der Waals surface area contributed by atoms with E-state index in [2.05, 4.69) is 5.32 Å². The van der Waals surface area contributed by atoms with E-state index >= 15 is 0 Å². The Morgan fingerprint density at radius 3 is 2.71 bits per heavy atom. The van der Waals surface area contributed by atoms with E-state index in [0.29, 0.717) is 28.1 Å². The molecule has 1 unspecified atom stereocenters. The minimum atomic E-state index is -0.915. The summed E-state index contributed by atoms with van der Waals surface area (Å²) in [7, 11) is 0. The van der Waals surface area contributed by atoms with Gasteiger partial charge in [0.2, 0.25) is 6.10 Å². The van der Waals surface area contributed by atoms with Crippen LogP contribution in [0.1, 0.15) is 12.5 Å². The quantitative estimate of drug-likeness (QED) is 0.490. The van der Waals surface area contributed by atoms with Crippen LogP contribution in [-0.2, 0) is 20.9 Å². The van der Waals surface area contributed by atoms with Crippen LogP contribution in [-0.4, -0.2) is 31.4 Å². The summed E-state index contributed by atoms with van der Waals surface area (Å²) < 4.78 is 26.6. The standard InChI is InChI=1S/C22H19NO8/c1-2-27-22(26)23-14-7-8-15-13(9-20(24)31-18(15)10-14)11-29-21(25)19-12-28-16-5-3-4-6-17(16)30-19/h3-10,19H,2,11-12H2,1H3,(H,23,26). The molecule has 160 valence electrons. The van der Waals surface area contributed by atoms with Gasteiger partial charge in [0.25, 0.3) is 0 Å². The van der Waals surface area contributed by atoms with E-state index in [-0.39, 0.29) is 25.4 Å². The minimum Gasteiger partial charge on any atom is -0.485 e. The Kier molecular flexibility index (Phi) is 5.74. The first kappa shape index (κ1) is 20.3. The molecule has 2 heterocycles. The van der Waals surface area contributed by atoms with E-state index < -0.39 is 23.8 Å². The van der Waals surface area contributed by atoms with E-state index in [9.17, 15) is 14.4 Å². The van der Waals surface area contributed by atoms with Crippen molar-refractivity contribution in [1.82, 2.24) is 0 Å². The van der Waals surface area contributed by atoms with Gasteiger partial charge in [-0.2, -0.15) is 0 Å². The Morgan fingerprint density at radius 2 is 1.90 bits per heavy atom. The van der Waals surface area contributed by atoms with Crippen molar-refractivity contribution in [1.29, 1.82) is 0 Å². The number of fused-ring (bicyclic) bond motifs is 2. The molecule has 1 aromatic heterocycles. The highest BCUT2D eigenvalue weighted by Gasteiger charge is 2.28. The summed E-state index contributed by atoms with van der Waals surface area (Å²) >= 11 is 0. The molecule has 0 bridgehead atoms. The van der Waals surface area contributed by atoms with E-state index in [1.165, 1.54) is 12.1 Å². The number of esters is 1. The van der Waals surface area contributed by atoms with E-state index in [0.717, 1.165) is 0 Å². The normalized spacial score (nSPS) is 14.7. The molecule has 1 aliphatic heterocycles. The van der Waals surface area contributed by atoms with Crippen molar-refractivity contribution in [2.24, 2.45) is 0 Å². The Hall–Kier alpha value is -4.01. The number of rotatable bonds is 5. The van der Waals surface area contributed by atoms with Crippen LogP contribution in [0.25, 0.3) is 11.0 Å². The molecule has 1 N–H and O–H groups in total. The molecule has 1 aliphatic rings. The maximum absolute atomic E-state index is 12.4. The smallest absolute Gasteiger partial charge is 0.411 e. The van der Waals surface area contributed by atoms with Crippen molar-refractivity contribution in [3.8, 4) is 11.5 Å². The number of benzene rings is 2. The first-order valence-corrected chi connectivity index (χ1v) is 9.59. The lowest BCUT2D eigenvalue weighted by atomic mass is 10.1. The second-order valence-electron chi connectivity index (χ2n) is 6.62. The van der Waals surface area contributed by atoms with Gasteiger partial charge in [-0.25, -0.2) is 14.4 Å². The first-order chi connectivity index (χ1) is 15.0. The Balaban J connectivity index is 1.47. The van der Waals surface area contributed by atoms with Gasteiger partial charge in [-0.3, -0.25) is 5.32 Å². The van der Waals surface area contributed by atoms with Crippen LogP contribution in [0, 0.1) is 0 Å². The summed E-state index contributed by atoms with van der Waals surface area (Å²) in [5.41, 5.74) is 0.478. The highest BCUT2D eigenvalue weighted by atomic mass is 16.6. The van der Waals surface area contributed by atoms with Gasteiger partial charge >= 0.3 is 17.7 Å². The molecular weight excluding hydrogens is 406 g/mol. The van der Waals surface area contributed by atoms with Crippen LogP contribution >= 0.6 is 0 Å². The zero-order valence-corrected chi connectivity index (χ0v) is 16.6. The Morgan fingerprint density at radius 1 is 1.10 bits per heavy atom. The van der Waals surface area contributed by atoms with Gasteiger partial charge in [-0.1, -0.05) is 12.1 Å². The third kappa shape index (κ3) is 4.61. The van der Waals surface area contributed by atoms with Crippen molar-refractivity contribution in [2.75, 3.05) is 18.5 Å². The predicted octanol–water partition coefficient (Wildman–Crippen LogP) is 3.24. The number of amides is 1. The number of hydrogen-bond donors (Lipinski definition) is 1. The maximum Gasteiger partial charge on any atom is 0.411 e. The number of anilines is 1. The number of nitrogens with one attached hydrogen (secondary N) is 1. The topological polar surface area (TPSA) is 113 Å². The summed E-state index contributed by atoms with van der Waals surface area (Å²) in [6, 6.07) is 13.1. The van der Waals surface area contributed by atoms with Gasteiger partial charge in [0.05, 0.1) is 6.61 Å². The van der Waals surface area contributed by atoms with Crippen molar-refractivity contribution in [3.63, 3.8) is 0 Å². The van der Waals surface area contributed by atoms with Crippen LogP contribution in [0.5, 0.6) is 11.5 Å². The zero-order valence-electron chi connectivity index (χ0n) is 16.6. The summed E-state index contributed by atoms with van der Waals surface area (Å²) in [4.78, 5) is 36.0. The summed E-state index contributed by atoms with van der Waals surface area (Å²) in [5, 5.41) is 3.10. The number of carbonyl (C=O) groups is 2. The zero-order chi connectivity index (χ0) is 21.8. The average molecular weight is 425 g/mol. The molecule has 31 heavy (non-hydrogen) atoms. The second kappa shape index (κ2) is 8.78.